The summed E-state index contributed by atoms with van der Waals surface area (Å²) in [6.45, 7) is 5.29. The number of aromatic nitrogens is 1. The average molecular weight is 372 g/mol. The van der Waals surface area contributed by atoms with Crippen LogP contribution in [-0.2, 0) is 19.1 Å². The first-order valence-corrected chi connectivity index (χ1v) is 8.65. The zero-order valence-electron chi connectivity index (χ0n) is 15.9. The van der Waals surface area contributed by atoms with E-state index in [-0.39, 0.29) is 12.8 Å². The number of nitrogens with zero attached hydrogens (tertiary/aromatic N) is 1. The Morgan fingerprint density at radius 1 is 1.15 bits per heavy atom. The van der Waals surface area contributed by atoms with Gasteiger partial charge in [0.25, 0.3) is 5.91 Å². The first kappa shape index (κ1) is 20.4. The lowest BCUT2D eigenvalue weighted by atomic mass is 10.1. The molecule has 1 atom stereocenters. The number of para-hydroxylation sites is 1. The van der Waals surface area contributed by atoms with E-state index in [2.05, 4.69) is 10.3 Å². The highest BCUT2D eigenvalue weighted by Gasteiger charge is 2.25. The van der Waals surface area contributed by atoms with Gasteiger partial charge in [0.05, 0.1) is 18.2 Å². The van der Waals surface area contributed by atoms with Crippen LogP contribution in [0.1, 0.15) is 44.0 Å². The summed E-state index contributed by atoms with van der Waals surface area (Å²) in [5.41, 5.74) is 0.456. The third kappa shape index (κ3) is 5.77. The topological polar surface area (TPSA) is 94.6 Å². The number of carbonyl (C=O) groups excluding carboxylic acids is 3. The van der Waals surface area contributed by atoms with Crippen molar-refractivity contribution in [3.63, 3.8) is 0 Å². The summed E-state index contributed by atoms with van der Waals surface area (Å²) in [6.07, 6.45) is 1.59. The number of methoxy groups -OCH3 is 1. The summed E-state index contributed by atoms with van der Waals surface area (Å²) in [4.78, 5) is 40.9. The molecule has 0 saturated heterocycles. The molecule has 0 aliphatic carbocycles. The quantitative estimate of drug-likeness (QED) is 0.784. The molecule has 0 bridgehead atoms. The van der Waals surface area contributed by atoms with Gasteiger partial charge >= 0.3 is 11.9 Å². The van der Waals surface area contributed by atoms with Gasteiger partial charge in [-0.3, -0.25) is 14.6 Å². The van der Waals surface area contributed by atoms with Gasteiger partial charge in [0, 0.05) is 18.0 Å². The van der Waals surface area contributed by atoms with Crippen molar-refractivity contribution in [3.05, 3.63) is 42.1 Å². The van der Waals surface area contributed by atoms with E-state index in [4.69, 9.17) is 9.47 Å². The van der Waals surface area contributed by atoms with Gasteiger partial charge < -0.3 is 14.8 Å². The number of fused-ring (bicyclic) bond motifs is 1. The van der Waals surface area contributed by atoms with Crippen LogP contribution in [0, 0.1) is 0 Å². The highest BCUT2D eigenvalue weighted by molar-refractivity contribution is 6.07. The molecular formula is C20H24N2O5. The zero-order valence-corrected chi connectivity index (χ0v) is 15.9. The van der Waals surface area contributed by atoms with E-state index in [1.54, 1.807) is 45.0 Å². The molecule has 7 heteroatoms. The number of esters is 2. The van der Waals surface area contributed by atoms with Gasteiger partial charge in [-0.1, -0.05) is 18.2 Å². The molecule has 0 aliphatic heterocycles. The largest absolute Gasteiger partial charge is 0.467 e. The molecule has 0 aliphatic rings. The predicted octanol–water partition coefficient (Wildman–Crippen LogP) is 2.63. The number of carbonyl (C=O) groups is 3. The van der Waals surface area contributed by atoms with Crippen molar-refractivity contribution in [2.45, 2.75) is 45.3 Å². The van der Waals surface area contributed by atoms with Gasteiger partial charge in [0.1, 0.15) is 11.6 Å². The molecule has 1 heterocycles. The molecule has 1 N–H and O–H groups in total. The second-order valence-electron chi connectivity index (χ2n) is 7.05. The summed E-state index contributed by atoms with van der Waals surface area (Å²) in [5, 5.41) is 3.32. The molecule has 2 rings (SSSR count). The lowest BCUT2D eigenvalue weighted by Crippen LogP contribution is -2.42. The number of amides is 1. The molecular weight excluding hydrogens is 348 g/mol. The van der Waals surface area contributed by atoms with Crippen LogP contribution < -0.4 is 5.32 Å². The normalized spacial score (nSPS) is 12.3. The highest BCUT2D eigenvalue weighted by atomic mass is 16.6. The molecule has 0 radical (unpaired) electrons. The third-order valence-electron chi connectivity index (χ3n) is 3.74. The zero-order chi connectivity index (χ0) is 20.0. The summed E-state index contributed by atoms with van der Waals surface area (Å²) in [6, 6.07) is 7.84. The minimum absolute atomic E-state index is 0.0194. The second-order valence-corrected chi connectivity index (χ2v) is 7.05. The van der Waals surface area contributed by atoms with Gasteiger partial charge in [0.15, 0.2) is 0 Å². The van der Waals surface area contributed by atoms with Crippen LogP contribution in [0.5, 0.6) is 0 Å². The van der Waals surface area contributed by atoms with Crippen LogP contribution in [0.2, 0.25) is 0 Å². The second kappa shape index (κ2) is 8.62. The first-order chi connectivity index (χ1) is 12.7. The van der Waals surface area contributed by atoms with Crippen molar-refractivity contribution in [2.24, 2.45) is 0 Å². The summed E-state index contributed by atoms with van der Waals surface area (Å²) >= 11 is 0. The average Bonchev–Trinajstić information content (AvgIpc) is 2.62. The minimum atomic E-state index is -0.957. The number of benzene rings is 1. The Kier molecular flexibility index (Phi) is 6.50. The maximum absolute atomic E-state index is 12.7. The van der Waals surface area contributed by atoms with Gasteiger partial charge in [-0.15, -0.1) is 0 Å². The fraction of sp³-hybridized carbons (Fsp3) is 0.400. The molecule has 1 aromatic heterocycles. The molecule has 7 nitrogen and oxygen atoms in total. The molecule has 1 amide bonds. The predicted molar refractivity (Wildman–Crippen MR) is 100 cm³/mol. The van der Waals surface area contributed by atoms with E-state index in [1.807, 2.05) is 6.07 Å². The Morgan fingerprint density at radius 2 is 1.85 bits per heavy atom. The van der Waals surface area contributed by atoms with Gasteiger partial charge in [-0.25, -0.2) is 4.79 Å². The molecule has 0 spiro atoms. The van der Waals surface area contributed by atoms with Crippen molar-refractivity contribution < 1.29 is 23.9 Å². The molecule has 1 aromatic carbocycles. The number of hydrogen-bond acceptors (Lipinski definition) is 6. The minimum Gasteiger partial charge on any atom is -0.467 e. The molecule has 2 aromatic rings. The number of pyridine rings is 1. The lowest BCUT2D eigenvalue weighted by molar-refractivity contribution is -0.155. The lowest BCUT2D eigenvalue weighted by Gasteiger charge is -2.21. The number of hydrogen-bond donors (Lipinski definition) is 1. The molecule has 0 fully saturated rings. The van der Waals surface area contributed by atoms with E-state index < -0.39 is 29.5 Å². The van der Waals surface area contributed by atoms with Gasteiger partial charge in [-0.05, 0) is 39.3 Å². The van der Waals surface area contributed by atoms with E-state index in [9.17, 15) is 14.4 Å². The standard InChI is InChI=1S/C20H24N2O5/c1-20(2,3)27-17(23)10-9-16(19(25)26-4)22-18(24)14-11-12-21-15-8-6-5-7-13(14)15/h5-8,11-12,16H,9-10H2,1-4H3,(H,22,24)/t16-/m0/s1. The fourth-order valence-electron chi connectivity index (χ4n) is 2.58. The van der Waals surface area contributed by atoms with E-state index in [1.165, 1.54) is 13.3 Å². The molecule has 144 valence electrons. The third-order valence-corrected chi connectivity index (χ3v) is 3.74. The number of ether oxygens (including phenoxy) is 2. The Labute approximate surface area is 158 Å². The Bertz CT molecular complexity index is 836. The SMILES string of the molecule is COC(=O)[C@H](CCC(=O)OC(C)(C)C)NC(=O)c1ccnc2ccccc12. The van der Waals surface area contributed by atoms with Crippen LogP contribution in [-0.4, -0.2) is 41.6 Å². The maximum Gasteiger partial charge on any atom is 0.328 e. The van der Waals surface area contributed by atoms with Gasteiger partial charge in [0.2, 0.25) is 0 Å². The monoisotopic (exact) mass is 372 g/mol. The molecule has 27 heavy (non-hydrogen) atoms. The molecule has 0 unspecified atom stereocenters. The number of nitrogens with one attached hydrogen (secondary N) is 1. The number of rotatable bonds is 6. The maximum atomic E-state index is 12.7. The van der Waals surface area contributed by atoms with Crippen LogP contribution in [0.3, 0.4) is 0 Å². The van der Waals surface area contributed by atoms with Crippen LogP contribution in [0.15, 0.2) is 36.5 Å². The smallest absolute Gasteiger partial charge is 0.328 e. The van der Waals surface area contributed by atoms with Crippen molar-refractivity contribution in [3.8, 4) is 0 Å². The van der Waals surface area contributed by atoms with Crippen LogP contribution in [0.25, 0.3) is 10.9 Å². The van der Waals surface area contributed by atoms with E-state index >= 15 is 0 Å². The summed E-state index contributed by atoms with van der Waals surface area (Å²) in [5.74, 6) is -1.50. The van der Waals surface area contributed by atoms with Crippen molar-refractivity contribution in [2.75, 3.05) is 7.11 Å². The van der Waals surface area contributed by atoms with Crippen molar-refractivity contribution >= 4 is 28.7 Å². The fourth-order valence-corrected chi connectivity index (χ4v) is 2.58. The van der Waals surface area contributed by atoms with Crippen LogP contribution in [0.4, 0.5) is 0 Å². The molecule has 0 saturated carbocycles. The van der Waals surface area contributed by atoms with E-state index in [0.717, 1.165) is 0 Å². The van der Waals surface area contributed by atoms with Gasteiger partial charge in [-0.2, -0.15) is 0 Å². The summed E-state index contributed by atoms with van der Waals surface area (Å²) < 4.78 is 9.99. The van der Waals surface area contributed by atoms with Crippen LogP contribution >= 0.6 is 0 Å². The van der Waals surface area contributed by atoms with E-state index in [0.29, 0.717) is 16.5 Å². The van der Waals surface area contributed by atoms with Crippen molar-refractivity contribution in [1.82, 2.24) is 10.3 Å². The van der Waals surface area contributed by atoms with Crippen molar-refractivity contribution in [1.29, 1.82) is 0 Å². The highest BCUT2D eigenvalue weighted by Crippen LogP contribution is 2.17. The summed E-state index contributed by atoms with van der Waals surface area (Å²) in [7, 11) is 1.23. The first-order valence-electron chi connectivity index (χ1n) is 8.65. The Hall–Kier alpha value is -2.96. The Balaban J connectivity index is 2.12. The Morgan fingerprint density at radius 3 is 2.52 bits per heavy atom.